The summed E-state index contributed by atoms with van der Waals surface area (Å²) in [5.74, 6) is 0.989. The third-order valence-electron chi connectivity index (χ3n) is 5.88. The summed E-state index contributed by atoms with van der Waals surface area (Å²) in [4.78, 5) is 19.6. The molecular formula is C26H25N5O2S. The summed E-state index contributed by atoms with van der Waals surface area (Å²) in [6, 6.07) is 20.1. The number of aromatic nitrogens is 4. The van der Waals surface area contributed by atoms with Gasteiger partial charge in [-0.15, -0.1) is 10.2 Å². The van der Waals surface area contributed by atoms with Gasteiger partial charge in [-0.2, -0.15) is 0 Å². The van der Waals surface area contributed by atoms with Gasteiger partial charge in [0.15, 0.2) is 11.0 Å². The standard InChI is InChI=1S/C26H25N5O2S/c1-33-17-16-30-25(21-12-14-27-15-13-21)28-29-26(30)34-18-24(32)31-22-8-4-2-6-19(22)10-11-20-7-3-5-9-23(20)31/h2-9,12-15H,10-11,16-18H2,1H3. The normalized spacial score (nSPS) is 12.7. The van der Waals surface area contributed by atoms with Crippen LogP contribution in [0.25, 0.3) is 11.4 Å². The summed E-state index contributed by atoms with van der Waals surface area (Å²) < 4.78 is 7.30. The van der Waals surface area contributed by atoms with Crippen molar-refractivity contribution in [3.05, 3.63) is 84.2 Å². The van der Waals surface area contributed by atoms with Gasteiger partial charge in [0, 0.05) is 25.1 Å². The smallest absolute Gasteiger partial charge is 0.242 e. The van der Waals surface area contributed by atoms with Gasteiger partial charge in [0.1, 0.15) is 0 Å². The van der Waals surface area contributed by atoms with Crippen LogP contribution in [0.5, 0.6) is 0 Å². The summed E-state index contributed by atoms with van der Waals surface area (Å²) in [5, 5.41) is 9.49. The van der Waals surface area contributed by atoms with Gasteiger partial charge in [0.05, 0.1) is 30.3 Å². The molecule has 4 aromatic rings. The Hall–Kier alpha value is -3.49. The van der Waals surface area contributed by atoms with Gasteiger partial charge >= 0.3 is 0 Å². The molecule has 0 unspecified atom stereocenters. The minimum absolute atomic E-state index is 0.0125. The molecule has 7 nitrogen and oxygen atoms in total. The molecule has 3 heterocycles. The lowest BCUT2D eigenvalue weighted by molar-refractivity contribution is -0.115. The Bertz CT molecular complexity index is 1240. The highest BCUT2D eigenvalue weighted by Gasteiger charge is 2.26. The summed E-state index contributed by atoms with van der Waals surface area (Å²) in [6.07, 6.45) is 5.28. The van der Waals surface area contributed by atoms with Gasteiger partial charge in [-0.3, -0.25) is 19.2 Å². The Morgan fingerprint density at radius 3 is 2.24 bits per heavy atom. The largest absolute Gasteiger partial charge is 0.383 e. The van der Waals surface area contributed by atoms with E-state index < -0.39 is 0 Å². The van der Waals surface area contributed by atoms with Crippen LogP contribution in [0.2, 0.25) is 0 Å². The number of para-hydroxylation sites is 2. The number of ether oxygens (including phenoxy) is 1. The van der Waals surface area contributed by atoms with Crippen LogP contribution in [-0.4, -0.2) is 45.1 Å². The van der Waals surface area contributed by atoms with E-state index in [9.17, 15) is 4.79 Å². The van der Waals surface area contributed by atoms with Gasteiger partial charge in [-0.25, -0.2) is 0 Å². The van der Waals surface area contributed by atoms with Crippen molar-refractivity contribution >= 4 is 29.0 Å². The lowest BCUT2D eigenvalue weighted by Gasteiger charge is -2.25. The Morgan fingerprint density at radius 2 is 1.59 bits per heavy atom. The number of methoxy groups -OCH3 is 1. The molecule has 2 aromatic heterocycles. The first-order valence-electron chi connectivity index (χ1n) is 11.2. The van der Waals surface area contributed by atoms with E-state index >= 15 is 0 Å². The lowest BCUT2D eigenvalue weighted by Crippen LogP contribution is -2.28. The molecule has 8 heteroatoms. The van der Waals surface area contributed by atoms with E-state index in [1.54, 1.807) is 19.5 Å². The van der Waals surface area contributed by atoms with Crippen molar-refractivity contribution in [3.63, 3.8) is 0 Å². The Kier molecular flexibility index (Phi) is 6.69. The molecule has 0 spiro atoms. The number of hydrogen-bond acceptors (Lipinski definition) is 6. The highest BCUT2D eigenvalue weighted by molar-refractivity contribution is 7.99. The predicted molar refractivity (Wildman–Crippen MR) is 133 cm³/mol. The van der Waals surface area contributed by atoms with Gasteiger partial charge in [0.2, 0.25) is 5.91 Å². The summed E-state index contributed by atoms with van der Waals surface area (Å²) in [7, 11) is 1.67. The fourth-order valence-electron chi connectivity index (χ4n) is 4.23. The number of aryl methyl sites for hydroxylation is 2. The molecule has 0 N–H and O–H groups in total. The first kappa shape index (κ1) is 22.3. The number of amides is 1. The second-order valence-electron chi connectivity index (χ2n) is 7.96. The monoisotopic (exact) mass is 471 g/mol. The molecule has 0 atom stereocenters. The first-order chi connectivity index (χ1) is 16.8. The summed E-state index contributed by atoms with van der Waals surface area (Å²) in [5.41, 5.74) is 5.19. The van der Waals surface area contributed by atoms with Crippen LogP contribution in [0.4, 0.5) is 11.4 Å². The van der Waals surface area contributed by atoms with E-state index in [-0.39, 0.29) is 11.7 Å². The molecule has 34 heavy (non-hydrogen) atoms. The molecule has 0 fully saturated rings. The number of rotatable bonds is 7. The number of fused-ring (bicyclic) bond motifs is 2. The first-order valence-corrected chi connectivity index (χ1v) is 12.2. The van der Waals surface area contributed by atoms with E-state index in [1.165, 1.54) is 22.9 Å². The summed E-state index contributed by atoms with van der Waals surface area (Å²) in [6.45, 7) is 1.11. The molecule has 2 aromatic carbocycles. The predicted octanol–water partition coefficient (Wildman–Crippen LogP) is 4.54. The SMILES string of the molecule is COCCn1c(SCC(=O)N2c3ccccc3CCc3ccccc32)nnc1-c1ccncc1. The highest BCUT2D eigenvalue weighted by Crippen LogP contribution is 2.36. The van der Waals surface area contributed by atoms with Crippen LogP contribution in [0, 0.1) is 0 Å². The van der Waals surface area contributed by atoms with Crippen molar-refractivity contribution in [2.24, 2.45) is 0 Å². The Labute approximate surface area is 202 Å². The van der Waals surface area contributed by atoms with Gasteiger partial charge in [0.25, 0.3) is 0 Å². The van der Waals surface area contributed by atoms with Gasteiger partial charge in [-0.1, -0.05) is 48.2 Å². The molecule has 1 amide bonds. The van der Waals surface area contributed by atoms with Crippen molar-refractivity contribution in [1.29, 1.82) is 0 Å². The molecule has 0 bridgehead atoms. The molecule has 0 saturated heterocycles. The molecule has 5 rings (SSSR count). The van der Waals surface area contributed by atoms with Gasteiger partial charge in [-0.05, 0) is 48.2 Å². The quantitative estimate of drug-likeness (QED) is 0.369. The summed E-state index contributed by atoms with van der Waals surface area (Å²) >= 11 is 1.40. The number of benzene rings is 2. The van der Waals surface area contributed by atoms with Crippen LogP contribution >= 0.6 is 11.8 Å². The number of hydrogen-bond donors (Lipinski definition) is 0. The van der Waals surface area contributed by atoms with Crippen LogP contribution < -0.4 is 4.90 Å². The van der Waals surface area contributed by atoms with Crippen molar-refractivity contribution in [2.45, 2.75) is 24.5 Å². The average molecular weight is 472 g/mol. The second-order valence-corrected chi connectivity index (χ2v) is 8.90. The van der Waals surface area contributed by atoms with E-state index in [0.717, 1.165) is 35.6 Å². The molecule has 172 valence electrons. The van der Waals surface area contributed by atoms with Crippen LogP contribution in [0.15, 0.2) is 78.2 Å². The maximum Gasteiger partial charge on any atom is 0.242 e. The van der Waals surface area contributed by atoms with Crippen LogP contribution in [-0.2, 0) is 28.9 Å². The lowest BCUT2D eigenvalue weighted by atomic mass is 10.0. The van der Waals surface area contributed by atoms with Crippen molar-refractivity contribution in [1.82, 2.24) is 19.7 Å². The number of carbonyl (C=O) groups is 1. The average Bonchev–Trinajstić information content (AvgIpc) is 3.21. The third-order valence-corrected chi connectivity index (χ3v) is 6.83. The zero-order chi connectivity index (χ0) is 23.3. The Morgan fingerprint density at radius 1 is 0.941 bits per heavy atom. The fourth-order valence-corrected chi connectivity index (χ4v) is 5.05. The minimum Gasteiger partial charge on any atom is -0.383 e. The van der Waals surface area contributed by atoms with Crippen molar-refractivity contribution in [3.8, 4) is 11.4 Å². The fraction of sp³-hybridized carbons (Fsp3) is 0.231. The topological polar surface area (TPSA) is 73.1 Å². The van der Waals surface area contributed by atoms with E-state index in [2.05, 4.69) is 27.3 Å². The Balaban J connectivity index is 1.44. The zero-order valence-electron chi connectivity index (χ0n) is 18.9. The molecular weight excluding hydrogens is 446 g/mol. The highest BCUT2D eigenvalue weighted by atomic mass is 32.2. The van der Waals surface area contributed by atoms with Gasteiger partial charge < -0.3 is 4.74 Å². The van der Waals surface area contributed by atoms with E-state index in [0.29, 0.717) is 18.3 Å². The molecule has 1 aliphatic heterocycles. The molecule has 1 aliphatic rings. The molecule has 0 radical (unpaired) electrons. The number of anilines is 2. The minimum atomic E-state index is 0.0125. The van der Waals surface area contributed by atoms with Crippen LogP contribution in [0.3, 0.4) is 0 Å². The maximum absolute atomic E-state index is 13.7. The number of carbonyl (C=O) groups excluding carboxylic acids is 1. The number of thioether (sulfide) groups is 1. The zero-order valence-corrected chi connectivity index (χ0v) is 19.7. The molecule has 0 saturated carbocycles. The van der Waals surface area contributed by atoms with Crippen molar-refractivity contribution < 1.29 is 9.53 Å². The van der Waals surface area contributed by atoms with Crippen LogP contribution in [0.1, 0.15) is 11.1 Å². The maximum atomic E-state index is 13.7. The van der Waals surface area contributed by atoms with Crippen molar-refractivity contribution in [2.75, 3.05) is 24.4 Å². The van der Waals surface area contributed by atoms with E-state index in [1.807, 2.05) is 58.0 Å². The van der Waals surface area contributed by atoms with E-state index in [4.69, 9.17) is 4.74 Å². The number of nitrogens with zero attached hydrogens (tertiary/aromatic N) is 5. The molecule has 0 aliphatic carbocycles. The second kappa shape index (κ2) is 10.2. The number of pyridine rings is 1. The third kappa shape index (κ3) is 4.47.